The highest BCUT2D eigenvalue weighted by molar-refractivity contribution is 6.42. The van der Waals surface area contributed by atoms with E-state index in [1.807, 2.05) is 6.07 Å². The molecule has 166 valence electrons. The molecule has 1 aliphatic carbocycles. The molecule has 1 aromatic heterocycles. The maximum Gasteiger partial charge on any atom is 0.342 e. The second kappa shape index (κ2) is 9.22. The van der Waals surface area contributed by atoms with Gasteiger partial charge in [-0.1, -0.05) is 36.2 Å². The lowest BCUT2D eigenvalue weighted by Crippen LogP contribution is -2.30. The molecule has 1 fully saturated rings. The lowest BCUT2D eigenvalue weighted by Gasteiger charge is -2.09. The van der Waals surface area contributed by atoms with Crippen LogP contribution in [0.2, 0.25) is 10.0 Å². The van der Waals surface area contributed by atoms with Crippen molar-refractivity contribution in [2.75, 3.05) is 5.32 Å². The third-order valence-corrected chi connectivity index (χ3v) is 5.97. The molecule has 0 saturated heterocycles. The molecule has 9 heteroatoms. The Morgan fingerprint density at radius 2 is 1.91 bits per heavy atom. The Morgan fingerprint density at radius 3 is 2.56 bits per heavy atom. The van der Waals surface area contributed by atoms with Crippen LogP contribution in [-0.2, 0) is 11.3 Å². The number of anilines is 1. The molecule has 2 amide bonds. The summed E-state index contributed by atoms with van der Waals surface area (Å²) in [5.74, 6) is 0.0930. The van der Waals surface area contributed by atoms with Gasteiger partial charge in [-0.2, -0.15) is 9.78 Å². The molecule has 1 aliphatic rings. The minimum absolute atomic E-state index is 0.0258. The summed E-state index contributed by atoms with van der Waals surface area (Å²) in [6.07, 6.45) is 2.31. The molecule has 1 heterocycles. The largest absolute Gasteiger partial charge is 0.507 e. The lowest BCUT2D eigenvalue weighted by atomic mass is 10.1. The van der Waals surface area contributed by atoms with Crippen molar-refractivity contribution in [2.24, 2.45) is 0 Å². The Morgan fingerprint density at radius 1 is 1.12 bits per heavy atom. The Labute approximate surface area is 195 Å². The van der Waals surface area contributed by atoms with Gasteiger partial charge >= 0.3 is 6.03 Å². The van der Waals surface area contributed by atoms with Crippen LogP contribution >= 0.6 is 23.2 Å². The van der Waals surface area contributed by atoms with Crippen molar-refractivity contribution in [3.8, 4) is 17.0 Å². The fourth-order valence-corrected chi connectivity index (χ4v) is 3.66. The first kappa shape index (κ1) is 22.2. The van der Waals surface area contributed by atoms with Gasteiger partial charge in [-0.25, -0.2) is 4.79 Å². The molecule has 0 spiro atoms. The number of phenols is 1. The number of nitrogens with zero attached hydrogens (tertiary/aromatic N) is 2. The van der Waals surface area contributed by atoms with Gasteiger partial charge in [-0.15, -0.1) is 0 Å². The van der Waals surface area contributed by atoms with E-state index in [4.69, 9.17) is 23.2 Å². The number of aromatic hydroxyl groups is 1. The van der Waals surface area contributed by atoms with Crippen LogP contribution in [0, 0.1) is 0 Å². The Balaban J connectivity index is 1.55. The van der Waals surface area contributed by atoms with Gasteiger partial charge in [0.2, 0.25) is 5.91 Å². The van der Waals surface area contributed by atoms with E-state index in [1.54, 1.807) is 37.3 Å². The number of hydrogen-bond donors (Lipinski definition) is 3. The number of halogens is 2. The summed E-state index contributed by atoms with van der Waals surface area (Å²) in [6, 6.07) is 11.5. The molecule has 0 aliphatic heterocycles. The van der Waals surface area contributed by atoms with E-state index in [-0.39, 0.29) is 30.2 Å². The van der Waals surface area contributed by atoms with Crippen LogP contribution in [-0.4, -0.2) is 26.8 Å². The minimum atomic E-state index is -0.365. The monoisotopic (exact) mass is 472 g/mol. The van der Waals surface area contributed by atoms with E-state index < -0.39 is 0 Å². The van der Waals surface area contributed by atoms with Crippen LogP contribution in [0.3, 0.4) is 0 Å². The van der Waals surface area contributed by atoms with Crippen molar-refractivity contribution in [2.45, 2.75) is 38.6 Å². The van der Waals surface area contributed by atoms with Crippen molar-refractivity contribution < 1.29 is 14.7 Å². The Kier molecular flexibility index (Phi) is 6.39. The fraction of sp³-hybridized carbons (Fsp3) is 0.261. The predicted molar refractivity (Wildman–Crippen MR) is 124 cm³/mol. The summed E-state index contributed by atoms with van der Waals surface area (Å²) >= 11 is 12.0. The third kappa shape index (κ3) is 4.89. The molecule has 0 radical (unpaired) electrons. The van der Waals surface area contributed by atoms with Crippen LogP contribution in [0.5, 0.6) is 5.75 Å². The molecule has 32 heavy (non-hydrogen) atoms. The highest BCUT2D eigenvalue weighted by atomic mass is 35.5. The van der Waals surface area contributed by atoms with Gasteiger partial charge in [0, 0.05) is 36.2 Å². The quantitative estimate of drug-likeness (QED) is 0.438. The maximum atomic E-state index is 12.9. The molecule has 2 aromatic carbocycles. The number of aromatic nitrogens is 2. The smallest absolute Gasteiger partial charge is 0.342 e. The lowest BCUT2D eigenvalue weighted by molar-refractivity contribution is -0.115. The van der Waals surface area contributed by atoms with Crippen LogP contribution in [0.25, 0.3) is 11.3 Å². The van der Waals surface area contributed by atoms with E-state index in [1.165, 1.54) is 10.7 Å². The SMILES string of the molecule is CCC(=O)Nc1ccc(-c2cc(C3CC3)n(C(=O)NCc3ccc(Cl)c(Cl)c3)n2)c(O)c1. The highest BCUT2D eigenvalue weighted by Crippen LogP contribution is 2.42. The third-order valence-electron chi connectivity index (χ3n) is 5.23. The number of amides is 2. The number of carbonyl (C=O) groups excluding carboxylic acids is 2. The summed E-state index contributed by atoms with van der Waals surface area (Å²) in [4.78, 5) is 24.5. The van der Waals surface area contributed by atoms with E-state index in [0.29, 0.717) is 33.4 Å². The Bertz CT molecular complexity index is 1190. The summed E-state index contributed by atoms with van der Waals surface area (Å²) in [7, 11) is 0. The van der Waals surface area contributed by atoms with Crippen molar-refractivity contribution in [1.82, 2.24) is 15.1 Å². The van der Waals surface area contributed by atoms with Gasteiger partial charge in [0.25, 0.3) is 0 Å². The van der Waals surface area contributed by atoms with Crippen LogP contribution in [0.4, 0.5) is 10.5 Å². The number of hydrogen-bond acceptors (Lipinski definition) is 4. The minimum Gasteiger partial charge on any atom is -0.507 e. The van der Waals surface area contributed by atoms with Gasteiger partial charge in [-0.3, -0.25) is 4.79 Å². The first-order chi connectivity index (χ1) is 15.4. The number of benzene rings is 2. The molecule has 3 N–H and O–H groups in total. The van der Waals surface area contributed by atoms with E-state index in [2.05, 4.69) is 15.7 Å². The number of rotatable bonds is 6. The first-order valence-electron chi connectivity index (χ1n) is 10.3. The second-order valence-corrected chi connectivity index (χ2v) is 8.50. The number of nitrogens with one attached hydrogen (secondary N) is 2. The zero-order chi connectivity index (χ0) is 22.8. The van der Waals surface area contributed by atoms with Crippen molar-refractivity contribution >= 4 is 40.8 Å². The van der Waals surface area contributed by atoms with Gasteiger partial charge in [0.15, 0.2) is 0 Å². The standard InChI is InChI=1S/C23H22Cl2N4O3/c1-2-22(31)27-15-6-7-16(21(30)10-15)19-11-20(14-4-5-14)29(28-19)23(32)26-12-13-3-8-17(24)18(25)9-13/h3,6-11,14,30H,2,4-5,12H2,1H3,(H,26,32)(H,27,31). The van der Waals surface area contributed by atoms with Crippen molar-refractivity contribution in [3.63, 3.8) is 0 Å². The molecule has 0 unspecified atom stereocenters. The molecular formula is C23H22Cl2N4O3. The van der Waals surface area contributed by atoms with Gasteiger partial charge in [0.05, 0.1) is 21.4 Å². The first-order valence-corrected chi connectivity index (χ1v) is 11.1. The summed E-state index contributed by atoms with van der Waals surface area (Å²) in [5.41, 5.74) is 3.09. The van der Waals surface area contributed by atoms with Gasteiger partial charge in [-0.05, 0) is 48.7 Å². The van der Waals surface area contributed by atoms with Gasteiger partial charge in [0.1, 0.15) is 5.75 Å². The highest BCUT2D eigenvalue weighted by Gasteiger charge is 2.30. The van der Waals surface area contributed by atoms with Crippen molar-refractivity contribution in [1.29, 1.82) is 0 Å². The van der Waals surface area contributed by atoms with E-state index in [9.17, 15) is 14.7 Å². The normalized spacial score (nSPS) is 13.1. The van der Waals surface area contributed by atoms with Crippen LogP contribution in [0.15, 0.2) is 42.5 Å². The zero-order valence-corrected chi connectivity index (χ0v) is 18.9. The zero-order valence-electron chi connectivity index (χ0n) is 17.4. The van der Waals surface area contributed by atoms with E-state index >= 15 is 0 Å². The molecule has 0 bridgehead atoms. The second-order valence-electron chi connectivity index (χ2n) is 7.68. The molecule has 3 aromatic rings. The van der Waals surface area contributed by atoms with Gasteiger partial charge < -0.3 is 15.7 Å². The molecule has 0 atom stereocenters. The van der Waals surface area contributed by atoms with Crippen LogP contribution < -0.4 is 10.6 Å². The number of carbonyl (C=O) groups is 2. The molecular weight excluding hydrogens is 451 g/mol. The van der Waals surface area contributed by atoms with Crippen LogP contribution in [0.1, 0.15) is 43.4 Å². The van der Waals surface area contributed by atoms with E-state index in [0.717, 1.165) is 24.1 Å². The maximum absolute atomic E-state index is 12.9. The molecule has 4 rings (SSSR count). The predicted octanol–water partition coefficient (Wildman–Crippen LogP) is 5.55. The average Bonchev–Trinajstić information content (AvgIpc) is 3.53. The summed E-state index contributed by atoms with van der Waals surface area (Å²) in [6.45, 7) is 2.02. The van der Waals surface area contributed by atoms with Crippen molar-refractivity contribution in [3.05, 3.63) is 63.8 Å². The molecule has 7 nitrogen and oxygen atoms in total. The Hall–Kier alpha value is -3.03. The fourth-order valence-electron chi connectivity index (χ4n) is 3.34. The average molecular weight is 473 g/mol. The molecule has 1 saturated carbocycles. The number of phenolic OH excluding ortho intramolecular Hbond substituents is 1. The summed E-state index contributed by atoms with van der Waals surface area (Å²) < 4.78 is 1.36. The topological polar surface area (TPSA) is 96.3 Å². The summed E-state index contributed by atoms with van der Waals surface area (Å²) in [5, 5.41) is 21.4.